The Kier molecular flexibility index (Phi) is 7.20. The standard InChI is InChI=1S/C54H34N4/c1-2-13-35(14-3-1)36-25-27-37(28-26-36)39-16-12-17-41(33-39)57-48-23-10-7-19-43(48)46-34-40(30-31-50(46)57)53-44-20-6-9-22-47(44)55-54(56-53)58-49-24-11-8-21-45(49)52-42-18-5-4-15-38(42)29-32-51(52)58/h1-34H. The molecular formula is C54H34N4. The Hall–Kier alpha value is -7.82. The van der Waals surface area contributed by atoms with E-state index in [0.717, 1.165) is 49.9 Å². The molecule has 270 valence electrons. The topological polar surface area (TPSA) is 35.6 Å². The van der Waals surface area contributed by atoms with Gasteiger partial charge in [-0.1, -0.05) is 158 Å². The molecular weight excluding hydrogens is 705 g/mol. The van der Waals surface area contributed by atoms with Gasteiger partial charge in [-0.05, 0) is 81.6 Å². The first kappa shape index (κ1) is 32.4. The summed E-state index contributed by atoms with van der Waals surface area (Å²) < 4.78 is 4.63. The Morgan fingerprint density at radius 1 is 0.310 bits per heavy atom. The number of benzene rings is 9. The first-order chi connectivity index (χ1) is 28.8. The van der Waals surface area contributed by atoms with Crippen LogP contribution in [0.3, 0.4) is 0 Å². The van der Waals surface area contributed by atoms with Gasteiger partial charge >= 0.3 is 0 Å². The van der Waals surface area contributed by atoms with Crippen LogP contribution in [0.5, 0.6) is 0 Å². The Bertz CT molecular complexity index is 3560. The van der Waals surface area contributed by atoms with Crippen molar-refractivity contribution in [2.45, 2.75) is 0 Å². The number of aromatic nitrogens is 4. The molecule has 0 aliphatic rings. The third-order valence-electron chi connectivity index (χ3n) is 11.7. The molecule has 0 radical (unpaired) electrons. The molecule has 0 spiro atoms. The molecule has 58 heavy (non-hydrogen) atoms. The quantitative estimate of drug-likeness (QED) is 0.176. The second kappa shape index (κ2) is 12.9. The molecule has 0 saturated carbocycles. The Balaban J connectivity index is 1.03. The van der Waals surface area contributed by atoms with Gasteiger partial charge in [0.05, 0.1) is 33.3 Å². The van der Waals surface area contributed by atoms with Gasteiger partial charge in [-0.3, -0.25) is 4.57 Å². The summed E-state index contributed by atoms with van der Waals surface area (Å²) in [6.45, 7) is 0. The fourth-order valence-electron chi connectivity index (χ4n) is 9.05. The number of para-hydroxylation sites is 3. The highest BCUT2D eigenvalue weighted by Crippen LogP contribution is 2.40. The zero-order chi connectivity index (χ0) is 38.2. The summed E-state index contributed by atoms with van der Waals surface area (Å²) in [5.41, 5.74) is 13.3. The zero-order valence-corrected chi connectivity index (χ0v) is 31.4. The molecule has 0 aliphatic carbocycles. The van der Waals surface area contributed by atoms with Gasteiger partial charge in [-0.25, -0.2) is 9.97 Å². The van der Waals surface area contributed by atoms with Gasteiger partial charge < -0.3 is 4.57 Å². The molecule has 0 atom stereocenters. The van der Waals surface area contributed by atoms with Gasteiger partial charge in [0, 0.05) is 38.2 Å². The molecule has 3 aromatic heterocycles. The van der Waals surface area contributed by atoms with E-state index >= 15 is 0 Å². The van der Waals surface area contributed by atoms with Gasteiger partial charge in [-0.15, -0.1) is 0 Å². The van der Waals surface area contributed by atoms with Crippen LogP contribution in [0.2, 0.25) is 0 Å². The van der Waals surface area contributed by atoms with Crippen LogP contribution in [-0.2, 0) is 0 Å². The molecule has 0 bridgehead atoms. The number of hydrogen-bond donors (Lipinski definition) is 0. The minimum absolute atomic E-state index is 0.659. The van der Waals surface area contributed by atoms with E-state index in [-0.39, 0.29) is 0 Å². The number of rotatable bonds is 5. The van der Waals surface area contributed by atoms with Crippen molar-refractivity contribution in [3.8, 4) is 45.1 Å². The third kappa shape index (κ3) is 5.02. The van der Waals surface area contributed by atoms with E-state index in [9.17, 15) is 0 Å². The molecule has 0 saturated heterocycles. The van der Waals surface area contributed by atoms with E-state index < -0.39 is 0 Å². The fraction of sp³-hybridized carbons (Fsp3) is 0. The van der Waals surface area contributed by atoms with E-state index in [1.807, 2.05) is 0 Å². The number of nitrogens with zero attached hydrogens (tertiary/aromatic N) is 4. The predicted molar refractivity (Wildman–Crippen MR) is 242 cm³/mol. The summed E-state index contributed by atoms with van der Waals surface area (Å²) in [4.78, 5) is 10.7. The molecule has 12 aromatic rings. The SMILES string of the molecule is c1ccc(-c2ccc(-c3cccc(-n4c5ccccc5c5cc(-c6nc(-n7c8ccccc8c8c9ccccc9ccc87)nc7ccccc67)ccc54)c3)cc2)cc1. The van der Waals surface area contributed by atoms with Crippen LogP contribution in [0.4, 0.5) is 0 Å². The monoisotopic (exact) mass is 738 g/mol. The fourth-order valence-corrected chi connectivity index (χ4v) is 9.05. The van der Waals surface area contributed by atoms with Crippen molar-refractivity contribution < 1.29 is 0 Å². The summed E-state index contributed by atoms with van der Waals surface area (Å²) in [6, 6.07) is 73.8. The summed E-state index contributed by atoms with van der Waals surface area (Å²) in [5, 5.41) is 8.25. The lowest BCUT2D eigenvalue weighted by Gasteiger charge is -2.13. The van der Waals surface area contributed by atoms with Crippen molar-refractivity contribution in [2.24, 2.45) is 0 Å². The van der Waals surface area contributed by atoms with E-state index in [1.54, 1.807) is 0 Å². The van der Waals surface area contributed by atoms with Crippen LogP contribution in [0, 0.1) is 0 Å². The van der Waals surface area contributed by atoms with Crippen LogP contribution in [0.25, 0.3) is 110 Å². The maximum atomic E-state index is 5.46. The largest absolute Gasteiger partial charge is 0.309 e. The number of hydrogen-bond acceptors (Lipinski definition) is 2. The highest BCUT2D eigenvalue weighted by molar-refractivity contribution is 6.21. The zero-order valence-electron chi connectivity index (χ0n) is 31.4. The highest BCUT2D eigenvalue weighted by Gasteiger charge is 2.20. The average Bonchev–Trinajstić information content (AvgIpc) is 3.82. The lowest BCUT2D eigenvalue weighted by Crippen LogP contribution is -2.03. The smallest absolute Gasteiger partial charge is 0.235 e. The molecule has 9 aromatic carbocycles. The van der Waals surface area contributed by atoms with Crippen LogP contribution in [-0.4, -0.2) is 19.1 Å². The minimum atomic E-state index is 0.659. The lowest BCUT2D eigenvalue weighted by molar-refractivity contribution is 1.01. The van der Waals surface area contributed by atoms with Crippen LogP contribution in [0.1, 0.15) is 0 Å². The second-order valence-corrected chi connectivity index (χ2v) is 15.0. The summed E-state index contributed by atoms with van der Waals surface area (Å²) in [7, 11) is 0. The Morgan fingerprint density at radius 3 is 1.72 bits per heavy atom. The maximum absolute atomic E-state index is 5.46. The van der Waals surface area contributed by atoms with Gasteiger partial charge in [0.15, 0.2) is 0 Å². The van der Waals surface area contributed by atoms with Crippen molar-refractivity contribution in [1.82, 2.24) is 19.1 Å². The molecule has 0 N–H and O–H groups in total. The van der Waals surface area contributed by atoms with Crippen LogP contribution >= 0.6 is 0 Å². The number of fused-ring (bicyclic) bond motifs is 9. The van der Waals surface area contributed by atoms with Crippen molar-refractivity contribution in [3.05, 3.63) is 206 Å². The first-order valence-corrected chi connectivity index (χ1v) is 19.7. The van der Waals surface area contributed by atoms with Crippen LogP contribution < -0.4 is 0 Å². The normalized spacial score (nSPS) is 11.8. The first-order valence-electron chi connectivity index (χ1n) is 19.7. The molecule has 0 unspecified atom stereocenters. The van der Waals surface area contributed by atoms with E-state index in [4.69, 9.17) is 9.97 Å². The van der Waals surface area contributed by atoms with E-state index in [1.165, 1.54) is 54.6 Å². The second-order valence-electron chi connectivity index (χ2n) is 15.0. The van der Waals surface area contributed by atoms with Gasteiger partial charge in [0.2, 0.25) is 5.95 Å². The molecule has 4 nitrogen and oxygen atoms in total. The lowest BCUT2D eigenvalue weighted by atomic mass is 10.00. The summed E-state index contributed by atoms with van der Waals surface area (Å²) >= 11 is 0. The third-order valence-corrected chi connectivity index (χ3v) is 11.7. The van der Waals surface area contributed by atoms with Gasteiger partial charge in [0.1, 0.15) is 0 Å². The van der Waals surface area contributed by atoms with E-state index in [0.29, 0.717) is 5.95 Å². The van der Waals surface area contributed by atoms with Crippen LogP contribution in [0.15, 0.2) is 206 Å². The molecule has 0 aliphatic heterocycles. The van der Waals surface area contributed by atoms with Crippen molar-refractivity contribution >= 4 is 65.3 Å². The van der Waals surface area contributed by atoms with Gasteiger partial charge in [0.25, 0.3) is 0 Å². The molecule has 0 fully saturated rings. The molecule has 0 amide bonds. The van der Waals surface area contributed by atoms with E-state index in [2.05, 4.69) is 215 Å². The molecule has 3 heterocycles. The molecule has 12 rings (SSSR count). The average molecular weight is 739 g/mol. The van der Waals surface area contributed by atoms with Crippen molar-refractivity contribution in [1.29, 1.82) is 0 Å². The summed E-state index contributed by atoms with van der Waals surface area (Å²) in [6.07, 6.45) is 0. The van der Waals surface area contributed by atoms with Crippen molar-refractivity contribution in [2.75, 3.05) is 0 Å². The minimum Gasteiger partial charge on any atom is -0.309 e. The Morgan fingerprint density at radius 2 is 0.897 bits per heavy atom. The predicted octanol–water partition coefficient (Wildman–Crippen LogP) is 14.0. The molecule has 4 heteroatoms. The van der Waals surface area contributed by atoms with Gasteiger partial charge in [-0.2, -0.15) is 0 Å². The highest BCUT2D eigenvalue weighted by atomic mass is 15.2. The van der Waals surface area contributed by atoms with Crippen molar-refractivity contribution in [3.63, 3.8) is 0 Å². The Labute approximate surface area is 334 Å². The maximum Gasteiger partial charge on any atom is 0.235 e. The summed E-state index contributed by atoms with van der Waals surface area (Å²) in [5.74, 6) is 0.659.